The third-order valence-corrected chi connectivity index (χ3v) is 2.16. The molecule has 2 aromatic heterocycles. The van der Waals surface area contributed by atoms with Gasteiger partial charge < -0.3 is 5.73 Å². The van der Waals surface area contributed by atoms with Gasteiger partial charge in [-0.05, 0) is 12.1 Å². The van der Waals surface area contributed by atoms with Crippen molar-refractivity contribution in [2.45, 2.75) is 0 Å². The highest BCUT2D eigenvalue weighted by Gasteiger charge is 1.96. The highest BCUT2D eigenvalue weighted by molar-refractivity contribution is 5.72. The normalized spacial score (nSPS) is 9.68. The SMILES string of the molecule is N=Nc1cnc(=O)[nH]c1N.c1ccc2n[nH]nc2c1. The number of anilines is 1. The molecule has 0 aliphatic carbocycles. The van der Waals surface area contributed by atoms with Crippen LogP contribution in [0.4, 0.5) is 11.5 Å². The first-order chi connectivity index (χ1) is 9.20. The Kier molecular flexibility index (Phi) is 3.57. The summed E-state index contributed by atoms with van der Waals surface area (Å²) in [7, 11) is 0. The van der Waals surface area contributed by atoms with E-state index in [1.807, 2.05) is 24.3 Å². The Morgan fingerprint density at radius 1 is 1.21 bits per heavy atom. The van der Waals surface area contributed by atoms with Crippen molar-refractivity contribution in [1.82, 2.24) is 25.4 Å². The largest absolute Gasteiger partial charge is 0.383 e. The summed E-state index contributed by atoms with van der Waals surface area (Å²) in [6.45, 7) is 0. The smallest absolute Gasteiger partial charge is 0.346 e. The van der Waals surface area contributed by atoms with Crippen LogP contribution < -0.4 is 11.4 Å². The van der Waals surface area contributed by atoms with Crippen molar-refractivity contribution in [3.63, 3.8) is 0 Å². The van der Waals surface area contributed by atoms with Crippen LogP contribution in [0.15, 0.2) is 40.4 Å². The Hall–Kier alpha value is -3.10. The first-order valence-electron chi connectivity index (χ1n) is 5.18. The number of benzene rings is 1. The Morgan fingerprint density at radius 3 is 2.37 bits per heavy atom. The fourth-order valence-corrected chi connectivity index (χ4v) is 1.28. The van der Waals surface area contributed by atoms with Crippen LogP contribution in [0.5, 0.6) is 0 Å². The molecule has 0 saturated heterocycles. The summed E-state index contributed by atoms with van der Waals surface area (Å²) in [6.07, 6.45) is 1.14. The molecule has 0 saturated carbocycles. The van der Waals surface area contributed by atoms with Crippen LogP contribution in [0.2, 0.25) is 0 Å². The van der Waals surface area contributed by atoms with E-state index in [0.717, 1.165) is 17.2 Å². The molecule has 5 N–H and O–H groups in total. The second-order valence-electron chi connectivity index (χ2n) is 3.41. The van der Waals surface area contributed by atoms with Crippen LogP contribution in [-0.2, 0) is 0 Å². The summed E-state index contributed by atoms with van der Waals surface area (Å²) >= 11 is 0. The van der Waals surface area contributed by atoms with Crippen molar-refractivity contribution in [2.24, 2.45) is 5.11 Å². The van der Waals surface area contributed by atoms with Crippen LogP contribution in [-0.4, -0.2) is 25.4 Å². The summed E-state index contributed by atoms with van der Waals surface area (Å²) < 4.78 is 0. The number of para-hydroxylation sites is 2. The average molecular weight is 258 g/mol. The highest BCUT2D eigenvalue weighted by atomic mass is 16.1. The van der Waals surface area contributed by atoms with E-state index in [1.165, 1.54) is 0 Å². The number of hydrogen-bond acceptors (Lipinski definition) is 7. The van der Waals surface area contributed by atoms with E-state index in [4.69, 9.17) is 11.3 Å². The molecule has 0 radical (unpaired) electrons. The summed E-state index contributed by atoms with van der Waals surface area (Å²) in [4.78, 5) is 15.9. The lowest BCUT2D eigenvalue weighted by atomic mass is 10.3. The first kappa shape index (κ1) is 12.4. The molecule has 0 aliphatic rings. The summed E-state index contributed by atoms with van der Waals surface area (Å²) in [6, 6.07) is 7.70. The van der Waals surface area contributed by atoms with Gasteiger partial charge in [0, 0.05) is 0 Å². The second kappa shape index (κ2) is 5.49. The molecule has 3 aromatic rings. The quantitative estimate of drug-likeness (QED) is 0.479. The fraction of sp³-hybridized carbons (Fsp3) is 0. The number of rotatable bonds is 1. The van der Waals surface area contributed by atoms with Crippen molar-refractivity contribution in [1.29, 1.82) is 5.53 Å². The topological polar surface area (TPSA) is 150 Å². The van der Waals surface area contributed by atoms with Crippen molar-refractivity contribution in [2.75, 3.05) is 5.73 Å². The van der Waals surface area contributed by atoms with E-state index in [-0.39, 0.29) is 11.5 Å². The monoisotopic (exact) mass is 258 g/mol. The zero-order chi connectivity index (χ0) is 13.7. The molecule has 9 nitrogen and oxygen atoms in total. The van der Waals surface area contributed by atoms with Crippen molar-refractivity contribution in [3.05, 3.63) is 40.9 Å². The predicted octanol–water partition coefficient (Wildman–Crippen LogP) is 0.972. The van der Waals surface area contributed by atoms with Gasteiger partial charge in [0.2, 0.25) is 0 Å². The highest BCUT2D eigenvalue weighted by Crippen LogP contribution is 2.13. The molecule has 96 valence electrons. The van der Waals surface area contributed by atoms with Crippen molar-refractivity contribution < 1.29 is 0 Å². The number of H-pyrrole nitrogens is 2. The van der Waals surface area contributed by atoms with Crippen LogP contribution in [0, 0.1) is 5.53 Å². The van der Waals surface area contributed by atoms with Gasteiger partial charge in [0.1, 0.15) is 22.5 Å². The van der Waals surface area contributed by atoms with Gasteiger partial charge in [-0.25, -0.2) is 10.3 Å². The summed E-state index contributed by atoms with van der Waals surface area (Å²) in [5, 5.41) is 13.3. The lowest BCUT2D eigenvalue weighted by molar-refractivity contribution is 0.959. The van der Waals surface area contributed by atoms with Gasteiger partial charge in [-0.2, -0.15) is 25.5 Å². The third-order valence-electron chi connectivity index (χ3n) is 2.16. The number of aromatic amines is 2. The minimum absolute atomic E-state index is 0.0648. The second-order valence-corrected chi connectivity index (χ2v) is 3.41. The van der Waals surface area contributed by atoms with Gasteiger partial charge in [0.25, 0.3) is 0 Å². The van der Waals surface area contributed by atoms with E-state index < -0.39 is 5.69 Å². The predicted molar refractivity (Wildman–Crippen MR) is 68.0 cm³/mol. The standard InChI is InChI=1S/C6H5N3.C4H5N5O/c1-2-4-6-5(3-1)7-9-8-6;5-3-2(9-6)1-7-4(10)8-3/h1-4H,(H,7,8,9);1,6H,(H3,5,7,8,10). The number of fused-ring (bicyclic) bond motifs is 1. The molecule has 0 bridgehead atoms. The maximum absolute atomic E-state index is 10.4. The van der Waals surface area contributed by atoms with Crippen LogP contribution in [0.3, 0.4) is 0 Å². The Bertz CT molecular complexity index is 716. The van der Waals surface area contributed by atoms with Gasteiger partial charge in [0.15, 0.2) is 0 Å². The maximum atomic E-state index is 10.4. The molecule has 0 unspecified atom stereocenters. The fourth-order valence-electron chi connectivity index (χ4n) is 1.28. The van der Waals surface area contributed by atoms with E-state index in [2.05, 4.69) is 30.5 Å². The zero-order valence-corrected chi connectivity index (χ0v) is 9.66. The Morgan fingerprint density at radius 2 is 1.84 bits per heavy atom. The van der Waals surface area contributed by atoms with Gasteiger partial charge in [-0.15, -0.1) is 0 Å². The van der Waals surface area contributed by atoms with Crippen LogP contribution in [0.25, 0.3) is 11.0 Å². The molecule has 1 aromatic carbocycles. The number of aromatic nitrogens is 5. The third kappa shape index (κ3) is 2.97. The molecule has 0 fully saturated rings. The molecule has 0 spiro atoms. The average Bonchev–Trinajstić information content (AvgIpc) is 2.88. The molecule has 0 atom stereocenters. The Balaban J connectivity index is 0.000000141. The lowest BCUT2D eigenvalue weighted by Crippen LogP contribution is -2.10. The van der Waals surface area contributed by atoms with Crippen LogP contribution >= 0.6 is 0 Å². The zero-order valence-electron chi connectivity index (χ0n) is 9.66. The Labute approximate surface area is 106 Å². The number of hydrogen-bond donors (Lipinski definition) is 4. The molecule has 3 rings (SSSR count). The van der Waals surface area contributed by atoms with Crippen LogP contribution in [0.1, 0.15) is 0 Å². The number of nitrogens with zero attached hydrogens (tertiary/aromatic N) is 4. The number of nitrogens with one attached hydrogen (secondary N) is 3. The molecule has 19 heavy (non-hydrogen) atoms. The van der Waals surface area contributed by atoms with E-state index in [1.54, 1.807) is 0 Å². The molecular formula is C10H10N8O. The molecule has 0 amide bonds. The van der Waals surface area contributed by atoms with Gasteiger partial charge in [-0.1, -0.05) is 12.1 Å². The molecule has 9 heteroatoms. The van der Waals surface area contributed by atoms with E-state index in [0.29, 0.717) is 0 Å². The minimum atomic E-state index is -0.537. The van der Waals surface area contributed by atoms with Crippen molar-refractivity contribution in [3.8, 4) is 0 Å². The lowest BCUT2D eigenvalue weighted by Gasteiger charge is -1.92. The summed E-state index contributed by atoms with van der Waals surface area (Å²) in [5.41, 5.74) is 13.2. The molecule has 2 heterocycles. The number of nitrogens with two attached hydrogens (primary N) is 1. The van der Waals surface area contributed by atoms with E-state index in [9.17, 15) is 4.79 Å². The van der Waals surface area contributed by atoms with Crippen molar-refractivity contribution >= 4 is 22.5 Å². The molecular weight excluding hydrogens is 248 g/mol. The summed E-state index contributed by atoms with van der Waals surface area (Å²) in [5.74, 6) is 0.0648. The van der Waals surface area contributed by atoms with Gasteiger partial charge in [0.05, 0.1) is 6.20 Å². The van der Waals surface area contributed by atoms with Gasteiger partial charge >= 0.3 is 5.69 Å². The van der Waals surface area contributed by atoms with Gasteiger partial charge in [-0.3, -0.25) is 4.98 Å². The first-order valence-corrected chi connectivity index (χ1v) is 5.18. The number of nitrogen functional groups attached to an aromatic ring is 1. The van der Waals surface area contributed by atoms with E-state index >= 15 is 0 Å². The maximum Gasteiger partial charge on any atom is 0.346 e. The molecule has 0 aliphatic heterocycles. The minimum Gasteiger partial charge on any atom is -0.383 e.